The maximum atomic E-state index is 11.6. The molecule has 0 aliphatic carbocycles. The van der Waals surface area contributed by atoms with Crippen LogP contribution in [0.25, 0.3) is 0 Å². The number of nitrogens with one attached hydrogen (secondary N) is 2. The summed E-state index contributed by atoms with van der Waals surface area (Å²) < 4.78 is 0. The van der Waals surface area contributed by atoms with Crippen LogP contribution in [0.5, 0.6) is 0 Å². The molecular weight excluding hydrogens is 230 g/mol. The van der Waals surface area contributed by atoms with Gasteiger partial charge >= 0.3 is 0 Å². The molecule has 6 heteroatoms. The number of pyridine rings is 1. The Morgan fingerprint density at radius 2 is 2.22 bits per heavy atom. The van der Waals surface area contributed by atoms with Crippen LogP contribution in [-0.4, -0.2) is 28.9 Å². The van der Waals surface area contributed by atoms with Gasteiger partial charge in [-0.25, -0.2) is 4.99 Å². The third kappa shape index (κ3) is 5.83. The van der Waals surface area contributed by atoms with Crippen molar-refractivity contribution in [2.75, 3.05) is 11.9 Å². The number of hydrogen-bond acceptors (Lipinski definition) is 3. The van der Waals surface area contributed by atoms with E-state index in [1.807, 2.05) is 20.8 Å². The van der Waals surface area contributed by atoms with Crippen molar-refractivity contribution in [2.45, 2.75) is 26.3 Å². The van der Waals surface area contributed by atoms with E-state index in [1.165, 1.54) is 0 Å². The Morgan fingerprint density at radius 1 is 1.50 bits per heavy atom. The molecule has 4 N–H and O–H groups in total. The average molecular weight is 249 g/mol. The van der Waals surface area contributed by atoms with E-state index < -0.39 is 0 Å². The zero-order valence-electron chi connectivity index (χ0n) is 10.9. The van der Waals surface area contributed by atoms with Gasteiger partial charge in [-0.3, -0.25) is 9.78 Å². The van der Waals surface area contributed by atoms with Gasteiger partial charge in [0.25, 0.3) is 0 Å². The van der Waals surface area contributed by atoms with Crippen LogP contribution in [0, 0.1) is 0 Å². The highest BCUT2D eigenvalue weighted by molar-refractivity contribution is 5.93. The second-order valence-corrected chi connectivity index (χ2v) is 4.87. The van der Waals surface area contributed by atoms with Crippen LogP contribution < -0.4 is 16.4 Å². The molecule has 0 spiro atoms. The molecule has 0 fully saturated rings. The molecule has 1 amide bonds. The van der Waals surface area contributed by atoms with E-state index >= 15 is 0 Å². The fourth-order valence-corrected chi connectivity index (χ4v) is 1.22. The Labute approximate surface area is 107 Å². The lowest BCUT2D eigenvalue weighted by atomic mass is 10.1. The Morgan fingerprint density at radius 3 is 2.78 bits per heavy atom. The quantitative estimate of drug-likeness (QED) is 0.543. The molecule has 0 saturated heterocycles. The number of anilines is 1. The van der Waals surface area contributed by atoms with Crippen LogP contribution in [0.2, 0.25) is 0 Å². The molecule has 0 aromatic carbocycles. The predicted molar refractivity (Wildman–Crippen MR) is 72.2 cm³/mol. The first-order chi connectivity index (χ1) is 8.37. The number of guanidine groups is 1. The number of hydrogen-bond donors (Lipinski definition) is 3. The first-order valence-electron chi connectivity index (χ1n) is 5.65. The van der Waals surface area contributed by atoms with E-state index in [0.29, 0.717) is 5.69 Å². The van der Waals surface area contributed by atoms with Crippen molar-refractivity contribution < 1.29 is 4.79 Å². The highest BCUT2D eigenvalue weighted by atomic mass is 16.1. The molecule has 1 heterocycles. The highest BCUT2D eigenvalue weighted by Gasteiger charge is 2.10. The molecule has 0 aliphatic heterocycles. The van der Waals surface area contributed by atoms with Crippen molar-refractivity contribution >= 4 is 17.6 Å². The number of amides is 1. The second-order valence-electron chi connectivity index (χ2n) is 4.87. The number of nitrogens with two attached hydrogens (primary N) is 1. The van der Waals surface area contributed by atoms with Gasteiger partial charge in [0, 0.05) is 11.7 Å². The van der Waals surface area contributed by atoms with Gasteiger partial charge in [0.1, 0.15) is 6.54 Å². The summed E-state index contributed by atoms with van der Waals surface area (Å²) in [6, 6.07) is 3.50. The largest absolute Gasteiger partial charge is 0.370 e. The summed E-state index contributed by atoms with van der Waals surface area (Å²) in [6.07, 6.45) is 3.21. The summed E-state index contributed by atoms with van der Waals surface area (Å²) in [7, 11) is 0. The van der Waals surface area contributed by atoms with Crippen LogP contribution in [0.4, 0.5) is 5.69 Å². The highest BCUT2D eigenvalue weighted by Crippen LogP contribution is 2.02. The van der Waals surface area contributed by atoms with Gasteiger partial charge in [0.15, 0.2) is 5.96 Å². The minimum Gasteiger partial charge on any atom is -0.370 e. The van der Waals surface area contributed by atoms with Crippen molar-refractivity contribution in [3.63, 3.8) is 0 Å². The first kappa shape index (κ1) is 14.0. The predicted octanol–water partition coefficient (Wildman–Crippen LogP) is 0.723. The van der Waals surface area contributed by atoms with Gasteiger partial charge in [0.05, 0.1) is 11.9 Å². The van der Waals surface area contributed by atoms with E-state index in [2.05, 4.69) is 20.6 Å². The van der Waals surface area contributed by atoms with Crippen LogP contribution >= 0.6 is 0 Å². The third-order valence-corrected chi connectivity index (χ3v) is 1.84. The summed E-state index contributed by atoms with van der Waals surface area (Å²) in [4.78, 5) is 19.4. The van der Waals surface area contributed by atoms with Crippen LogP contribution in [0.15, 0.2) is 29.5 Å². The standard InChI is InChI=1S/C12H19N5O/c1-12(2,3)17-11(13)15-8-10(18)16-9-5-4-6-14-7-9/h4-7H,8H2,1-3H3,(H,16,18)(H3,13,15,17). The van der Waals surface area contributed by atoms with Crippen molar-refractivity contribution in [1.29, 1.82) is 0 Å². The van der Waals surface area contributed by atoms with Crippen molar-refractivity contribution in [2.24, 2.45) is 10.7 Å². The van der Waals surface area contributed by atoms with Crippen LogP contribution in [0.1, 0.15) is 20.8 Å². The molecule has 1 aromatic rings. The topological polar surface area (TPSA) is 92.4 Å². The third-order valence-electron chi connectivity index (χ3n) is 1.84. The molecule has 1 aromatic heterocycles. The molecular formula is C12H19N5O. The lowest BCUT2D eigenvalue weighted by molar-refractivity contribution is -0.114. The van der Waals surface area contributed by atoms with Crippen LogP contribution in [0.3, 0.4) is 0 Å². The summed E-state index contributed by atoms with van der Waals surface area (Å²) in [5.74, 6) is 0.0190. The second kappa shape index (κ2) is 6.00. The minimum atomic E-state index is -0.235. The monoisotopic (exact) mass is 249 g/mol. The lowest BCUT2D eigenvalue weighted by Gasteiger charge is -2.20. The molecule has 0 saturated carbocycles. The Hall–Kier alpha value is -2.11. The molecule has 0 atom stereocenters. The first-order valence-corrected chi connectivity index (χ1v) is 5.65. The van der Waals surface area contributed by atoms with Gasteiger partial charge in [-0.2, -0.15) is 0 Å². The zero-order chi connectivity index (χ0) is 13.6. The summed E-state index contributed by atoms with van der Waals surface area (Å²) in [5, 5.41) is 5.64. The van der Waals surface area contributed by atoms with E-state index in [0.717, 1.165) is 0 Å². The zero-order valence-corrected chi connectivity index (χ0v) is 10.9. The van der Waals surface area contributed by atoms with E-state index in [4.69, 9.17) is 5.73 Å². The fraction of sp³-hybridized carbons (Fsp3) is 0.417. The van der Waals surface area contributed by atoms with Crippen molar-refractivity contribution in [3.8, 4) is 0 Å². The molecule has 0 radical (unpaired) electrons. The summed E-state index contributed by atoms with van der Waals surface area (Å²) in [6.45, 7) is 5.87. The molecule has 0 bridgehead atoms. The molecule has 98 valence electrons. The Kier molecular flexibility index (Phi) is 4.65. The smallest absolute Gasteiger partial charge is 0.246 e. The Bertz CT molecular complexity index is 422. The summed E-state index contributed by atoms with van der Waals surface area (Å²) >= 11 is 0. The van der Waals surface area contributed by atoms with Gasteiger partial charge in [-0.05, 0) is 32.9 Å². The summed E-state index contributed by atoms with van der Waals surface area (Å²) in [5.41, 5.74) is 6.11. The Balaban J connectivity index is 2.44. The van der Waals surface area contributed by atoms with Crippen LogP contribution in [-0.2, 0) is 4.79 Å². The SMILES string of the molecule is CC(C)(C)NC(N)=NCC(=O)Nc1cccnc1. The number of carbonyl (C=O) groups excluding carboxylic acids is 1. The lowest BCUT2D eigenvalue weighted by Crippen LogP contribution is -2.45. The average Bonchev–Trinajstić information content (AvgIpc) is 2.25. The minimum absolute atomic E-state index is 0.0240. The molecule has 1 rings (SSSR count). The van der Waals surface area contributed by atoms with Gasteiger partial charge in [0.2, 0.25) is 5.91 Å². The number of carbonyl (C=O) groups is 1. The normalized spacial score (nSPS) is 12.1. The number of aliphatic imine (C=N–C) groups is 1. The fourth-order valence-electron chi connectivity index (χ4n) is 1.22. The van der Waals surface area contributed by atoms with E-state index in [1.54, 1.807) is 24.5 Å². The van der Waals surface area contributed by atoms with Gasteiger partial charge in [-0.1, -0.05) is 0 Å². The molecule has 18 heavy (non-hydrogen) atoms. The van der Waals surface area contributed by atoms with Crippen molar-refractivity contribution in [1.82, 2.24) is 10.3 Å². The van der Waals surface area contributed by atoms with Crippen molar-refractivity contribution in [3.05, 3.63) is 24.5 Å². The van der Waals surface area contributed by atoms with E-state index in [-0.39, 0.29) is 24.0 Å². The maximum Gasteiger partial charge on any atom is 0.246 e. The molecule has 0 unspecified atom stereocenters. The number of rotatable bonds is 3. The number of nitrogens with zero attached hydrogens (tertiary/aromatic N) is 2. The molecule has 6 nitrogen and oxygen atoms in total. The number of aromatic nitrogens is 1. The molecule has 0 aliphatic rings. The van der Waals surface area contributed by atoms with E-state index in [9.17, 15) is 4.79 Å². The van der Waals surface area contributed by atoms with Gasteiger partial charge < -0.3 is 16.4 Å². The van der Waals surface area contributed by atoms with Gasteiger partial charge in [-0.15, -0.1) is 0 Å². The maximum absolute atomic E-state index is 11.6.